The third-order valence-electron chi connectivity index (χ3n) is 9.09. The van der Waals surface area contributed by atoms with Gasteiger partial charge in [-0.05, 0) is 86.6 Å². The third kappa shape index (κ3) is 7.39. The lowest BCUT2D eigenvalue weighted by atomic mass is 9.84. The number of nitrogens with one attached hydrogen (secondary N) is 1. The number of ketones is 1. The Bertz CT molecular complexity index is 1530. The van der Waals surface area contributed by atoms with Gasteiger partial charge in [0, 0.05) is 30.5 Å². The Morgan fingerprint density at radius 2 is 2.00 bits per heavy atom. The van der Waals surface area contributed by atoms with Gasteiger partial charge < -0.3 is 11.1 Å². The number of nitrogens with two attached hydrogens (primary N) is 1. The zero-order valence-electron chi connectivity index (χ0n) is 27.2. The predicted molar refractivity (Wildman–Crippen MR) is 186 cm³/mol. The monoisotopic (exact) mass is 592 g/mol. The molecular weight excluding hydrogens is 544 g/mol. The van der Waals surface area contributed by atoms with Crippen molar-refractivity contribution in [3.8, 4) is 0 Å². The molecule has 0 spiro atoms. The first-order chi connectivity index (χ1) is 21.0. The van der Waals surface area contributed by atoms with Crippen molar-refractivity contribution in [1.29, 1.82) is 5.41 Å². The van der Waals surface area contributed by atoms with Crippen molar-refractivity contribution in [2.75, 3.05) is 6.54 Å². The summed E-state index contributed by atoms with van der Waals surface area (Å²) >= 11 is 0. The molecule has 4 rings (SSSR count). The Labute approximate surface area is 263 Å². The standard InChI is InChI=1S/C37H48N6O/c1-8-12-27-13-11-14-31(25(27)5)35(44)32-22-33(40-20-19-37(7,9-2)10-3)36(39)43(42-32)34(23-38)28-15-18-30(24(4)21-28)26(6)41-29-16-17-29/h8-9,11-15,18,21,23,29,34,36,38H,2,10,16-17,19-20,22,39H2,1,3-7H3. The van der Waals surface area contributed by atoms with Gasteiger partial charge >= 0.3 is 0 Å². The van der Waals surface area contributed by atoms with Crippen molar-refractivity contribution in [2.45, 2.75) is 91.9 Å². The number of carbonyl (C=O) groups excluding carboxylic acids is 1. The molecule has 1 aliphatic heterocycles. The van der Waals surface area contributed by atoms with Crippen LogP contribution >= 0.6 is 0 Å². The molecule has 2 aromatic rings. The molecule has 1 heterocycles. The van der Waals surface area contributed by atoms with Gasteiger partial charge in [-0.1, -0.05) is 68.5 Å². The van der Waals surface area contributed by atoms with Crippen molar-refractivity contribution in [1.82, 2.24) is 5.01 Å². The molecule has 2 aromatic carbocycles. The van der Waals surface area contributed by atoms with Crippen LogP contribution in [0.5, 0.6) is 0 Å². The molecule has 0 bridgehead atoms. The summed E-state index contributed by atoms with van der Waals surface area (Å²) in [6.07, 6.45) is 11.0. The Hall–Kier alpha value is -3.97. The van der Waals surface area contributed by atoms with Gasteiger partial charge in [0.15, 0.2) is 0 Å². The van der Waals surface area contributed by atoms with E-state index in [1.807, 2.05) is 56.3 Å². The molecule has 7 nitrogen and oxygen atoms in total. The lowest BCUT2D eigenvalue weighted by Gasteiger charge is -2.37. The van der Waals surface area contributed by atoms with Crippen LogP contribution in [-0.4, -0.2) is 52.9 Å². The van der Waals surface area contributed by atoms with Gasteiger partial charge in [0.05, 0.1) is 11.8 Å². The average Bonchev–Trinajstić information content (AvgIpc) is 3.83. The second-order valence-electron chi connectivity index (χ2n) is 12.4. The maximum atomic E-state index is 14.1. The molecule has 2 aliphatic rings. The summed E-state index contributed by atoms with van der Waals surface area (Å²) in [4.78, 5) is 23.8. The van der Waals surface area contributed by atoms with Gasteiger partial charge in [-0.25, -0.2) is 0 Å². The fraction of sp³-hybridized carbons (Fsp3) is 0.432. The van der Waals surface area contributed by atoms with Crippen molar-refractivity contribution in [3.05, 3.63) is 88.5 Å². The normalized spacial score (nSPS) is 20.4. The second-order valence-corrected chi connectivity index (χ2v) is 12.4. The number of Topliss-reactive ketones (excluding diaryl/α,β-unsaturated/α-hetero) is 1. The first-order valence-electron chi connectivity index (χ1n) is 15.8. The molecule has 0 saturated heterocycles. The van der Waals surface area contributed by atoms with E-state index in [9.17, 15) is 4.79 Å². The number of aliphatic imine (C=N–C) groups is 2. The van der Waals surface area contributed by atoms with Crippen LogP contribution in [0.25, 0.3) is 6.08 Å². The number of nitrogens with zero attached hydrogens (tertiary/aromatic N) is 4. The van der Waals surface area contributed by atoms with Crippen LogP contribution in [0.4, 0.5) is 0 Å². The highest BCUT2D eigenvalue weighted by Gasteiger charge is 2.34. The van der Waals surface area contributed by atoms with Crippen molar-refractivity contribution in [3.63, 3.8) is 0 Å². The molecule has 44 heavy (non-hydrogen) atoms. The molecule has 7 heteroatoms. The minimum Gasteiger partial charge on any atom is -0.311 e. The van der Waals surface area contributed by atoms with E-state index in [0.717, 1.165) is 59.2 Å². The summed E-state index contributed by atoms with van der Waals surface area (Å²) in [5.41, 5.74) is 14.5. The number of benzene rings is 2. The van der Waals surface area contributed by atoms with E-state index in [1.165, 1.54) is 6.21 Å². The van der Waals surface area contributed by atoms with Crippen LogP contribution in [-0.2, 0) is 0 Å². The van der Waals surface area contributed by atoms with E-state index in [-0.39, 0.29) is 17.6 Å². The third-order valence-corrected chi connectivity index (χ3v) is 9.09. The number of hydrazone groups is 1. The molecule has 3 N–H and O–H groups in total. The predicted octanol–water partition coefficient (Wildman–Crippen LogP) is 7.66. The zero-order valence-corrected chi connectivity index (χ0v) is 27.2. The molecule has 0 amide bonds. The molecular formula is C37H48N6O. The van der Waals surface area contributed by atoms with Gasteiger partial charge in [0.1, 0.15) is 17.9 Å². The molecule has 232 valence electrons. The van der Waals surface area contributed by atoms with Gasteiger partial charge in [-0.2, -0.15) is 5.10 Å². The zero-order chi connectivity index (χ0) is 32.0. The van der Waals surface area contributed by atoms with Gasteiger partial charge in [-0.15, -0.1) is 6.58 Å². The molecule has 1 saturated carbocycles. The Morgan fingerprint density at radius 1 is 1.25 bits per heavy atom. The molecule has 3 unspecified atom stereocenters. The van der Waals surface area contributed by atoms with Crippen LogP contribution in [0.3, 0.4) is 0 Å². The molecule has 0 radical (unpaired) electrons. The van der Waals surface area contributed by atoms with Crippen molar-refractivity contribution in [2.24, 2.45) is 26.2 Å². The van der Waals surface area contributed by atoms with Gasteiger partial charge in [0.2, 0.25) is 5.78 Å². The largest absolute Gasteiger partial charge is 0.311 e. The average molecular weight is 593 g/mol. The van der Waals surface area contributed by atoms with Crippen LogP contribution < -0.4 is 5.73 Å². The van der Waals surface area contributed by atoms with Crippen molar-refractivity contribution >= 4 is 35.2 Å². The smallest absolute Gasteiger partial charge is 0.209 e. The Morgan fingerprint density at radius 3 is 2.61 bits per heavy atom. The SMILES string of the molecule is C=CC(C)(CC)CCN=C1CC(C(=O)c2cccc(C=CC)c2C)=NN(C(C=N)c2ccc(C(C)=NC3CC3)c(C)c2)C1N. The topological polar surface area (TPSA) is 107 Å². The van der Waals surface area contributed by atoms with Crippen molar-refractivity contribution < 1.29 is 4.79 Å². The van der Waals surface area contributed by atoms with Crippen LogP contribution in [0.1, 0.15) is 104 Å². The maximum Gasteiger partial charge on any atom is 0.209 e. The Balaban J connectivity index is 1.74. The molecule has 3 atom stereocenters. The second kappa shape index (κ2) is 14.2. The van der Waals surface area contributed by atoms with Crippen LogP contribution in [0, 0.1) is 24.7 Å². The van der Waals surface area contributed by atoms with E-state index in [0.29, 0.717) is 29.6 Å². The maximum absolute atomic E-state index is 14.1. The number of allylic oxidation sites excluding steroid dienone is 2. The van der Waals surface area contributed by atoms with E-state index >= 15 is 0 Å². The number of carbonyl (C=O) groups is 1. The lowest BCUT2D eigenvalue weighted by Crippen LogP contribution is -2.52. The number of aryl methyl sites for hydroxylation is 1. The van der Waals surface area contributed by atoms with Gasteiger partial charge in [-0.3, -0.25) is 19.8 Å². The highest BCUT2D eigenvalue weighted by atomic mass is 16.1. The number of hydrogen-bond acceptors (Lipinski definition) is 7. The summed E-state index contributed by atoms with van der Waals surface area (Å²) in [6.45, 7) is 17.0. The number of hydrogen-bond donors (Lipinski definition) is 2. The summed E-state index contributed by atoms with van der Waals surface area (Å²) < 4.78 is 0. The van der Waals surface area contributed by atoms with E-state index < -0.39 is 12.2 Å². The lowest BCUT2D eigenvalue weighted by molar-refractivity contribution is 0.105. The number of rotatable bonds is 13. The molecule has 1 fully saturated rings. The highest BCUT2D eigenvalue weighted by Crippen LogP contribution is 2.30. The first kappa shape index (κ1) is 32.9. The van der Waals surface area contributed by atoms with E-state index in [1.54, 1.807) is 5.01 Å². The quantitative estimate of drug-likeness (QED) is 0.142. The van der Waals surface area contributed by atoms with E-state index in [2.05, 4.69) is 46.4 Å². The summed E-state index contributed by atoms with van der Waals surface area (Å²) in [7, 11) is 0. The molecule has 0 aromatic heterocycles. The fourth-order valence-corrected chi connectivity index (χ4v) is 5.62. The first-order valence-corrected chi connectivity index (χ1v) is 15.8. The van der Waals surface area contributed by atoms with Crippen LogP contribution in [0.2, 0.25) is 0 Å². The Kier molecular flexibility index (Phi) is 10.6. The molecule has 1 aliphatic carbocycles. The summed E-state index contributed by atoms with van der Waals surface area (Å²) in [5.74, 6) is -0.148. The van der Waals surface area contributed by atoms with Crippen LogP contribution in [0.15, 0.2) is 70.2 Å². The minimum atomic E-state index is -0.677. The summed E-state index contributed by atoms with van der Waals surface area (Å²) in [6, 6.07) is 11.8. The highest BCUT2D eigenvalue weighted by molar-refractivity contribution is 6.49. The summed E-state index contributed by atoms with van der Waals surface area (Å²) in [5, 5.41) is 15.0. The van der Waals surface area contributed by atoms with Gasteiger partial charge in [0.25, 0.3) is 0 Å². The van der Waals surface area contributed by atoms with E-state index in [4.69, 9.17) is 26.2 Å². The minimum absolute atomic E-state index is 0.0305. The fourth-order valence-electron chi connectivity index (χ4n) is 5.62.